The summed E-state index contributed by atoms with van der Waals surface area (Å²) in [5, 5.41) is 9.56. The van der Waals surface area contributed by atoms with E-state index in [1.807, 2.05) is 12.4 Å². The van der Waals surface area contributed by atoms with Crippen LogP contribution in [-0.2, 0) is 0 Å². The molecule has 6 heteroatoms. The van der Waals surface area contributed by atoms with Crippen molar-refractivity contribution in [2.75, 3.05) is 0 Å². The van der Waals surface area contributed by atoms with Crippen LogP contribution in [0.15, 0.2) is 219 Å². The molecule has 0 fully saturated rings. The lowest BCUT2D eigenvalue weighted by Crippen LogP contribution is -1.95. The van der Waals surface area contributed by atoms with Crippen molar-refractivity contribution in [3.8, 4) is 90.0 Å². The summed E-state index contributed by atoms with van der Waals surface area (Å²) in [4.78, 5) is 20.8. The van der Waals surface area contributed by atoms with Crippen molar-refractivity contribution < 1.29 is 0 Å². The van der Waals surface area contributed by atoms with E-state index in [0.29, 0.717) is 0 Å². The van der Waals surface area contributed by atoms with Crippen molar-refractivity contribution >= 4 is 65.2 Å². The van der Waals surface area contributed by atoms with Crippen molar-refractivity contribution in [2.24, 2.45) is 0 Å². The molecule has 322 valence electrons. The van der Waals surface area contributed by atoms with Crippen LogP contribution in [0.1, 0.15) is 0 Å². The number of hydrogen-bond donors (Lipinski definition) is 0. The zero-order chi connectivity index (χ0) is 45.6. The lowest BCUT2D eigenvalue weighted by atomic mass is 9.96. The van der Waals surface area contributed by atoms with Crippen molar-refractivity contribution in [1.82, 2.24) is 29.1 Å². The number of rotatable bonds is 5. The fourth-order valence-electron chi connectivity index (χ4n) is 11.9. The first-order valence-electron chi connectivity index (χ1n) is 23.8. The molecule has 0 unspecified atom stereocenters. The average molecular weight is 889 g/mol. The van der Waals surface area contributed by atoms with Crippen LogP contribution in [0.2, 0.25) is 0 Å². The van der Waals surface area contributed by atoms with E-state index in [2.05, 4.69) is 215 Å². The normalized spacial score (nSPS) is 12.3. The highest BCUT2D eigenvalue weighted by atomic mass is 15.0. The Balaban J connectivity index is 0.795. The number of benzene rings is 10. The summed E-state index contributed by atoms with van der Waals surface area (Å²) in [5.74, 6) is 1.45. The van der Waals surface area contributed by atoms with Gasteiger partial charge in [0.15, 0.2) is 11.6 Å². The summed E-state index contributed by atoms with van der Waals surface area (Å²) >= 11 is 0. The van der Waals surface area contributed by atoms with Gasteiger partial charge in [-0.2, -0.15) is 0 Å². The number of fused-ring (bicyclic) bond motifs is 12. The monoisotopic (exact) mass is 888 g/mol. The molecule has 70 heavy (non-hydrogen) atoms. The van der Waals surface area contributed by atoms with Gasteiger partial charge in [0.1, 0.15) is 0 Å². The molecule has 2 aliphatic carbocycles. The van der Waals surface area contributed by atoms with Gasteiger partial charge in [-0.25, -0.2) is 19.9 Å². The van der Waals surface area contributed by atoms with E-state index in [0.717, 1.165) is 112 Å². The van der Waals surface area contributed by atoms with Gasteiger partial charge in [0, 0.05) is 78.7 Å². The Morgan fingerprint density at radius 2 is 0.871 bits per heavy atom. The molecule has 0 bridgehead atoms. The van der Waals surface area contributed by atoms with E-state index in [1.165, 1.54) is 43.4 Å². The molecule has 2 aliphatic rings. The van der Waals surface area contributed by atoms with Crippen LogP contribution >= 0.6 is 0 Å². The van der Waals surface area contributed by atoms with E-state index < -0.39 is 0 Å². The molecular formula is C64H36N6. The fourth-order valence-corrected chi connectivity index (χ4v) is 11.9. The summed E-state index contributed by atoms with van der Waals surface area (Å²) in [6, 6.07) is 74.2. The molecule has 4 aromatic heterocycles. The topological polar surface area (TPSA) is 61.4 Å². The standard InChI is InChI=1S/C64H36N6/c1-2-17-42(18-3-1)69-55-27-7-5-21-46(55)60-49(25-12-28-57(60)69)64-66-36-53-51-34-41(31-39-16-11-24-48(59(39)51)62(53)68-64)38-15-8-19-43(32-38)70-54-26-6-4-20-44(54)50-33-40(29-30-56(50)70)63-65-35-52-45-22-9-13-37-14-10-23-47(58(37)45)61(52)67-63/h1-36H. The smallest absolute Gasteiger partial charge is 0.160 e. The lowest BCUT2D eigenvalue weighted by molar-refractivity contribution is 1.18. The van der Waals surface area contributed by atoms with E-state index in [-0.39, 0.29) is 0 Å². The minimum absolute atomic E-state index is 0.722. The maximum atomic E-state index is 5.44. The molecular weight excluding hydrogens is 853 g/mol. The third kappa shape index (κ3) is 5.16. The van der Waals surface area contributed by atoms with Crippen LogP contribution in [-0.4, -0.2) is 29.1 Å². The van der Waals surface area contributed by atoms with E-state index in [9.17, 15) is 0 Å². The van der Waals surface area contributed by atoms with Gasteiger partial charge in [-0.05, 0) is 117 Å². The number of hydrogen-bond acceptors (Lipinski definition) is 4. The first-order valence-corrected chi connectivity index (χ1v) is 23.8. The number of para-hydroxylation sites is 3. The molecule has 0 atom stereocenters. The second kappa shape index (κ2) is 14.0. The summed E-state index contributed by atoms with van der Waals surface area (Å²) in [7, 11) is 0. The highest BCUT2D eigenvalue weighted by molar-refractivity contribution is 6.18. The molecule has 0 aliphatic heterocycles. The molecule has 0 spiro atoms. The van der Waals surface area contributed by atoms with E-state index >= 15 is 0 Å². The molecule has 14 aromatic rings. The van der Waals surface area contributed by atoms with E-state index in [4.69, 9.17) is 19.9 Å². The van der Waals surface area contributed by atoms with Crippen molar-refractivity contribution in [3.63, 3.8) is 0 Å². The van der Waals surface area contributed by atoms with E-state index in [1.54, 1.807) is 0 Å². The third-order valence-electron chi connectivity index (χ3n) is 14.9. The van der Waals surface area contributed by atoms with Crippen LogP contribution in [0.25, 0.3) is 155 Å². The van der Waals surface area contributed by atoms with Gasteiger partial charge in [-0.15, -0.1) is 0 Å². The fraction of sp³-hybridized carbons (Fsp3) is 0. The summed E-state index contributed by atoms with van der Waals surface area (Å²) in [6.07, 6.45) is 4.05. The van der Waals surface area contributed by atoms with Crippen molar-refractivity contribution in [1.29, 1.82) is 0 Å². The Kier molecular flexibility index (Phi) is 7.52. The number of aromatic nitrogens is 6. The molecule has 0 saturated carbocycles. The second-order valence-corrected chi connectivity index (χ2v) is 18.6. The van der Waals surface area contributed by atoms with Gasteiger partial charge in [-0.1, -0.05) is 133 Å². The lowest BCUT2D eigenvalue weighted by Gasteiger charge is -2.12. The predicted octanol–water partition coefficient (Wildman–Crippen LogP) is 16.1. The Bertz CT molecular complexity index is 4590. The van der Waals surface area contributed by atoms with Crippen LogP contribution in [0.4, 0.5) is 0 Å². The van der Waals surface area contributed by atoms with Crippen LogP contribution in [0, 0.1) is 0 Å². The summed E-state index contributed by atoms with van der Waals surface area (Å²) < 4.78 is 4.73. The first kappa shape index (κ1) is 37.6. The minimum atomic E-state index is 0.722. The molecule has 0 amide bonds. The summed E-state index contributed by atoms with van der Waals surface area (Å²) in [6.45, 7) is 0. The second-order valence-electron chi connectivity index (χ2n) is 18.6. The first-order chi connectivity index (χ1) is 34.7. The van der Waals surface area contributed by atoms with Crippen LogP contribution in [0.5, 0.6) is 0 Å². The van der Waals surface area contributed by atoms with Crippen molar-refractivity contribution in [3.05, 3.63) is 219 Å². The van der Waals surface area contributed by atoms with Gasteiger partial charge < -0.3 is 9.13 Å². The number of nitrogens with zero attached hydrogens (tertiary/aromatic N) is 6. The van der Waals surface area contributed by atoms with Gasteiger partial charge in [0.2, 0.25) is 0 Å². The van der Waals surface area contributed by atoms with Gasteiger partial charge in [0.05, 0.1) is 33.5 Å². The average Bonchev–Trinajstić information content (AvgIpc) is 4.15. The summed E-state index contributed by atoms with van der Waals surface area (Å²) in [5.41, 5.74) is 19.9. The highest BCUT2D eigenvalue weighted by Crippen LogP contribution is 2.50. The van der Waals surface area contributed by atoms with Crippen LogP contribution in [0.3, 0.4) is 0 Å². The maximum absolute atomic E-state index is 5.44. The molecule has 10 aromatic carbocycles. The quantitative estimate of drug-likeness (QED) is 0.173. The molecule has 6 nitrogen and oxygen atoms in total. The van der Waals surface area contributed by atoms with Crippen LogP contribution < -0.4 is 0 Å². The maximum Gasteiger partial charge on any atom is 0.160 e. The minimum Gasteiger partial charge on any atom is -0.309 e. The van der Waals surface area contributed by atoms with Gasteiger partial charge in [0.25, 0.3) is 0 Å². The van der Waals surface area contributed by atoms with Gasteiger partial charge in [-0.3, -0.25) is 0 Å². The SMILES string of the molecule is c1ccc(-n2c3ccccc3c3c(-c4ncc5c(n4)-c4cccc6cc(-c7cccc(-n8c9ccccc9c9cc(-c%10ncc%11c(n%10)-c%10cccc%12cccc-%11c%10%12)ccc98)c7)cc-5c46)cccc32)cc1. The predicted molar refractivity (Wildman–Crippen MR) is 286 cm³/mol. The third-order valence-corrected chi connectivity index (χ3v) is 14.9. The van der Waals surface area contributed by atoms with Gasteiger partial charge >= 0.3 is 0 Å². The Hall–Kier alpha value is -9.52. The molecule has 16 rings (SSSR count). The molecule has 0 N–H and O–H groups in total. The highest BCUT2D eigenvalue weighted by Gasteiger charge is 2.27. The van der Waals surface area contributed by atoms with Crippen molar-refractivity contribution in [2.45, 2.75) is 0 Å². The molecule has 0 radical (unpaired) electrons. The Morgan fingerprint density at radius 3 is 1.70 bits per heavy atom. The Morgan fingerprint density at radius 1 is 0.286 bits per heavy atom. The Labute approximate surface area is 401 Å². The zero-order valence-electron chi connectivity index (χ0n) is 37.5. The molecule has 4 heterocycles. The zero-order valence-corrected chi connectivity index (χ0v) is 37.5. The largest absolute Gasteiger partial charge is 0.309 e. The molecule has 0 saturated heterocycles.